The lowest BCUT2D eigenvalue weighted by Gasteiger charge is -2.34. The number of rotatable bonds is 5. The number of nitrogens with zero attached hydrogens (tertiary/aromatic N) is 2. The molecule has 2 heterocycles. The number of likely N-dealkylation sites (tertiary alicyclic amines) is 1. The first-order chi connectivity index (χ1) is 13.1. The minimum Gasteiger partial charge on any atom is -0.464 e. The molecule has 0 aliphatic carbocycles. The van der Waals surface area contributed by atoms with Gasteiger partial charge in [0.1, 0.15) is 12.4 Å². The number of hydrogen-bond donors (Lipinski definition) is 0. The number of ether oxygens (including phenoxy) is 2. The molecule has 0 radical (unpaired) electrons. The Morgan fingerprint density at radius 2 is 2.04 bits per heavy atom. The summed E-state index contributed by atoms with van der Waals surface area (Å²) in [6.07, 6.45) is 2.92. The van der Waals surface area contributed by atoms with Gasteiger partial charge in [0, 0.05) is 19.0 Å². The minimum absolute atomic E-state index is 0.0643. The molecule has 0 N–H and O–H groups in total. The van der Waals surface area contributed by atoms with E-state index in [2.05, 4.69) is 4.98 Å². The predicted octanol–water partition coefficient (Wildman–Crippen LogP) is 3.50. The monoisotopic (exact) mass is 372 g/mol. The normalized spacial score (nSPS) is 16.8. The maximum atomic E-state index is 12.6. The first-order valence-corrected chi connectivity index (χ1v) is 9.10. The lowest BCUT2D eigenvalue weighted by Crippen LogP contribution is -2.45. The van der Waals surface area contributed by atoms with Crippen LogP contribution in [-0.2, 0) is 22.5 Å². The quantitative estimate of drug-likeness (QED) is 0.747. The standard InChI is InChI=1S/C20H24N2O5/c1-14-18(19(23)25-2)21-17(27-14)12-16-10-6-7-11-22(16)20(24)26-13-15-8-4-3-5-9-15/h3-5,8-9,16H,6-7,10-13H2,1-2H3. The van der Waals surface area contributed by atoms with E-state index < -0.39 is 5.97 Å². The fourth-order valence-corrected chi connectivity index (χ4v) is 3.28. The van der Waals surface area contributed by atoms with Gasteiger partial charge in [0.2, 0.25) is 0 Å². The number of amides is 1. The molecule has 0 spiro atoms. The molecule has 144 valence electrons. The minimum atomic E-state index is -0.523. The van der Waals surface area contributed by atoms with Crippen LogP contribution in [0, 0.1) is 6.92 Å². The molecule has 1 aromatic carbocycles. The number of benzene rings is 1. The highest BCUT2D eigenvalue weighted by Crippen LogP contribution is 2.23. The SMILES string of the molecule is COC(=O)c1nc(CC2CCCCN2C(=O)OCc2ccccc2)oc1C. The van der Waals surface area contributed by atoms with Crippen molar-refractivity contribution >= 4 is 12.1 Å². The molecule has 27 heavy (non-hydrogen) atoms. The van der Waals surface area contributed by atoms with Crippen LogP contribution in [0.2, 0.25) is 0 Å². The fourth-order valence-electron chi connectivity index (χ4n) is 3.28. The Labute approximate surface area is 158 Å². The number of methoxy groups -OCH3 is 1. The van der Waals surface area contributed by atoms with Crippen molar-refractivity contribution in [1.82, 2.24) is 9.88 Å². The molecule has 1 atom stereocenters. The lowest BCUT2D eigenvalue weighted by atomic mass is 10.00. The van der Waals surface area contributed by atoms with Crippen LogP contribution in [-0.4, -0.2) is 41.6 Å². The van der Waals surface area contributed by atoms with Crippen LogP contribution in [0.1, 0.15) is 47.0 Å². The third-order valence-corrected chi connectivity index (χ3v) is 4.70. The van der Waals surface area contributed by atoms with E-state index in [1.54, 1.807) is 11.8 Å². The highest BCUT2D eigenvalue weighted by Gasteiger charge is 2.30. The van der Waals surface area contributed by atoms with Crippen molar-refractivity contribution in [1.29, 1.82) is 0 Å². The molecule has 1 unspecified atom stereocenters. The van der Waals surface area contributed by atoms with Crippen molar-refractivity contribution in [3.05, 3.63) is 53.2 Å². The maximum Gasteiger partial charge on any atom is 0.410 e. The number of hydrogen-bond acceptors (Lipinski definition) is 6. The smallest absolute Gasteiger partial charge is 0.410 e. The summed E-state index contributed by atoms with van der Waals surface area (Å²) in [5.41, 5.74) is 1.13. The number of carbonyl (C=O) groups is 2. The van der Waals surface area contributed by atoms with E-state index in [0.29, 0.717) is 24.6 Å². The summed E-state index contributed by atoms with van der Waals surface area (Å²) < 4.78 is 15.8. The van der Waals surface area contributed by atoms with Crippen LogP contribution < -0.4 is 0 Å². The van der Waals surface area contributed by atoms with Crippen molar-refractivity contribution in [2.75, 3.05) is 13.7 Å². The van der Waals surface area contributed by atoms with Gasteiger partial charge in [-0.1, -0.05) is 30.3 Å². The summed E-state index contributed by atoms with van der Waals surface area (Å²) in [6.45, 7) is 2.56. The molecule has 1 aliphatic heterocycles. The fraction of sp³-hybridized carbons (Fsp3) is 0.450. The molecule has 1 amide bonds. The molecule has 1 aliphatic rings. The summed E-state index contributed by atoms with van der Waals surface area (Å²) in [6, 6.07) is 9.53. The van der Waals surface area contributed by atoms with Crippen LogP contribution in [0.15, 0.2) is 34.7 Å². The van der Waals surface area contributed by atoms with Gasteiger partial charge in [-0.25, -0.2) is 14.6 Å². The van der Waals surface area contributed by atoms with Gasteiger partial charge in [-0.3, -0.25) is 0 Å². The Balaban J connectivity index is 1.64. The number of esters is 1. The van der Waals surface area contributed by atoms with Crippen molar-refractivity contribution < 1.29 is 23.5 Å². The predicted molar refractivity (Wildman–Crippen MR) is 97.3 cm³/mol. The van der Waals surface area contributed by atoms with Crippen LogP contribution >= 0.6 is 0 Å². The van der Waals surface area contributed by atoms with Gasteiger partial charge in [0.05, 0.1) is 7.11 Å². The van der Waals surface area contributed by atoms with E-state index in [9.17, 15) is 9.59 Å². The van der Waals surface area contributed by atoms with Crippen molar-refractivity contribution in [2.24, 2.45) is 0 Å². The number of carbonyl (C=O) groups excluding carboxylic acids is 2. The average Bonchev–Trinajstić information content (AvgIpc) is 3.06. The van der Waals surface area contributed by atoms with Gasteiger partial charge in [0.25, 0.3) is 0 Å². The highest BCUT2D eigenvalue weighted by molar-refractivity contribution is 5.88. The van der Waals surface area contributed by atoms with E-state index in [-0.39, 0.29) is 24.4 Å². The zero-order chi connectivity index (χ0) is 19.2. The molecular formula is C20H24N2O5. The van der Waals surface area contributed by atoms with Crippen LogP contribution in [0.25, 0.3) is 0 Å². The summed E-state index contributed by atoms with van der Waals surface area (Å²) in [7, 11) is 1.31. The van der Waals surface area contributed by atoms with E-state index in [1.165, 1.54) is 7.11 Å². The first kappa shape index (κ1) is 18.9. The van der Waals surface area contributed by atoms with Crippen molar-refractivity contribution in [3.63, 3.8) is 0 Å². The second kappa shape index (κ2) is 8.70. The Bertz CT molecular complexity index is 787. The maximum absolute atomic E-state index is 12.6. The second-order valence-corrected chi connectivity index (χ2v) is 6.59. The van der Waals surface area contributed by atoms with Crippen LogP contribution in [0.3, 0.4) is 0 Å². The van der Waals surface area contributed by atoms with Gasteiger partial charge in [-0.05, 0) is 31.7 Å². The summed E-state index contributed by atoms with van der Waals surface area (Å²) >= 11 is 0. The molecule has 2 aromatic rings. The lowest BCUT2D eigenvalue weighted by molar-refractivity contribution is 0.0591. The topological polar surface area (TPSA) is 81.9 Å². The van der Waals surface area contributed by atoms with Crippen molar-refractivity contribution in [3.8, 4) is 0 Å². The molecule has 7 heteroatoms. The Morgan fingerprint density at radius 3 is 2.78 bits per heavy atom. The summed E-state index contributed by atoms with van der Waals surface area (Å²) in [5, 5.41) is 0. The molecule has 3 rings (SSSR count). The zero-order valence-corrected chi connectivity index (χ0v) is 15.6. The third kappa shape index (κ3) is 4.67. The molecule has 1 saturated heterocycles. The van der Waals surface area contributed by atoms with Crippen molar-refractivity contribution in [2.45, 2.75) is 45.3 Å². The van der Waals surface area contributed by atoms with Gasteiger partial charge in [0.15, 0.2) is 11.6 Å². The first-order valence-electron chi connectivity index (χ1n) is 9.10. The zero-order valence-electron chi connectivity index (χ0n) is 15.6. The number of aromatic nitrogens is 1. The highest BCUT2D eigenvalue weighted by atomic mass is 16.6. The van der Waals surface area contributed by atoms with Gasteiger partial charge < -0.3 is 18.8 Å². The molecular weight excluding hydrogens is 348 g/mol. The Kier molecular flexibility index (Phi) is 6.11. The summed E-state index contributed by atoms with van der Waals surface area (Å²) in [5.74, 6) is 0.330. The molecule has 0 saturated carbocycles. The van der Waals surface area contributed by atoms with E-state index >= 15 is 0 Å². The molecule has 7 nitrogen and oxygen atoms in total. The molecule has 1 fully saturated rings. The molecule has 0 bridgehead atoms. The van der Waals surface area contributed by atoms with Crippen LogP contribution in [0.5, 0.6) is 0 Å². The average molecular weight is 372 g/mol. The van der Waals surface area contributed by atoms with Gasteiger partial charge in [-0.15, -0.1) is 0 Å². The Morgan fingerprint density at radius 1 is 1.26 bits per heavy atom. The Hall–Kier alpha value is -2.83. The van der Waals surface area contributed by atoms with Gasteiger partial charge >= 0.3 is 12.1 Å². The second-order valence-electron chi connectivity index (χ2n) is 6.59. The van der Waals surface area contributed by atoms with E-state index in [4.69, 9.17) is 13.9 Å². The number of aryl methyl sites for hydroxylation is 1. The summed E-state index contributed by atoms with van der Waals surface area (Å²) in [4.78, 5) is 30.3. The van der Waals surface area contributed by atoms with Gasteiger partial charge in [-0.2, -0.15) is 0 Å². The molecule has 1 aromatic heterocycles. The number of piperidine rings is 1. The largest absolute Gasteiger partial charge is 0.464 e. The van der Waals surface area contributed by atoms with Crippen LogP contribution in [0.4, 0.5) is 4.79 Å². The van der Waals surface area contributed by atoms with E-state index in [1.807, 2.05) is 30.3 Å². The number of oxazole rings is 1. The van der Waals surface area contributed by atoms with E-state index in [0.717, 1.165) is 24.8 Å². The third-order valence-electron chi connectivity index (χ3n) is 4.70.